The third-order valence-corrected chi connectivity index (χ3v) is 3.80. The number of rotatable bonds is 4. The van der Waals surface area contributed by atoms with Gasteiger partial charge in [-0.05, 0) is 30.3 Å². The second kappa shape index (κ2) is 5.41. The molecule has 0 aliphatic rings. The van der Waals surface area contributed by atoms with E-state index in [0.29, 0.717) is 16.7 Å². The lowest BCUT2D eigenvalue weighted by Gasteiger charge is -2.08. The van der Waals surface area contributed by atoms with E-state index in [2.05, 4.69) is 4.98 Å². The molecule has 0 aliphatic heterocycles. The molecule has 0 aliphatic carbocycles. The first-order valence-electron chi connectivity index (χ1n) is 6.12. The monoisotopic (exact) mass is 301 g/mol. The van der Waals surface area contributed by atoms with Gasteiger partial charge in [-0.15, -0.1) is 0 Å². The lowest BCUT2D eigenvalue weighted by Crippen LogP contribution is -1.98. The van der Waals surface area contributed by atoms with Crippen LogP contribution in [0.15, 0.2) is 42.5 Å². The third kappa shape index (κ3) is 2.66. The van der Waals surface area contributed by atoms with Crippen LogP contribution in [0.4, 0.5) is 0 Å². The van der Waals surface area contributed by atoms with E-state index in [9.17, 15) is 4.79 Å². The number of carbonyl (C=O) groups is 1. The molecular weight excluding hydrogens is 290 g/mol. The molecule has 2 aromatic carbocycles. The number of fused-ring (bicyclic) bond motifs is 1. The number of thiazole rings is 1. The molecule has 3 rings (SSSR count). The Bertz CT molecular complexity index is 779. The fraction of sp³-hybridized carbons (Fsp3) is 0.0667. The number of aromatic carboxylic acids is 1. The fourth-order valence-corrected chi connectivity index (χ4v) is 2.71. The van der Waals surface area contributed by atoms with Crippen molar-refractivity contribution in [2.45, 2.75) is 0 Å². The number of hydrogen-bond donors (Lipinski definition) is 1. The van der Waals surface area contributed by atoms with Gasteiger partial charge >= 0.3 is 5.97 Å². The first-order chi connectivity index (χ1) is 10.2. The second-order valence-electron chi connectivity index (χ2n) is 4.22. The van der Waals surface area contributed by atoms with Crippen LogP contribution in [-0.2, 0) is 0 Å². The zero-order valence-electron chi connectivity index (χ0n) is 11.1. The van der Waals surface area contributed by atoms with Gasteiger partial charge in [-0.3, -0.25) is 0 Å². The van der Waals surface area contributed by atoms with Crippen LogP contribution in [0.2, 0.25) is 0 Å². The topological polar surface area (TPSA) is 68.7 Å². The highest BCUT2D eigenvalue weighted by molar-refractivity contribution is 7.20. The van der Waals surface area contributed by atoms with Crippen molar-refractivity contribution in [3.8, 4) is 16.7 Å². The predicted molar refractivity (Wildman–Crippen MR) is 79.6 cm³/mol. The molecule has 1 heterocycles. The van der Waals surface area contributed by atoms with E-state index in [1.165, 1.54) is 30.6 Å². The summed E-state index contributed by atoms with van der Waals surface area (Å²) in [5.74, 6) is -0.234. The Morgan fingerprint density at radius 3 is 2.71 bits per heavy atom. The van der Waals surface area contributed by atoms with E-state index < -0.39 is 5.97 Å². The van der Waals surface area contributed by atoms with Crippen LogP contribution in [0.25, 0.3) is 10.2 Å². The first kappa shape index (κ1) is 13.4. The van der Waals surface area contributed by atoms with E-state index in [1.54, 1.807) is 6.07 Å². The van der Waals surface area contributed by atoms with E-state index in [0.717, 1.165) is 10.2 Å². The normalized spacial score (nSPS) is 10.5. The minimum Gasteiger partial charge on any atom is -0.493 e. The summed E-state index contributed by atoms with van der Waals surface area (Å²) in [7, 11) is 1.50. The Morgan fingerprint density at radius 2 is 2.00 bits per heavy atom. The molecular formula is C15H11NO4S. The molecule has 0 bridgehead atoms. The molecule has 1 N–H and O–H groups in total. The van der Waals surface area contributed by atoms with Crippen LogP contribution in [0, 0.1) is 0 Å². The molecule has 0 fully saturated rings. The van der Waals surface area contributed by atoms with Gasteiger partial charge in [-0.1, -0.05) is 23.5 Å². The SMILES string of the molecule is COc1ccc(C(=O)O)cc1Oc1nc2ccccc2s1. The van der Waals surface area contributed by atoms with Gasteiger partial charge in [0.15, 0.2) is 11.5 Å². The highest BCUT2D eigenvalue weighted by Crippen LogP contribution is 2.36. The number of ether oxygens (including phenoxy) is 2. The minimum atomic E-state index is -1.02. The molecule has 1 aromatic heterocycles. The summed E-state index contributed by atoms with van der Waals surface area (Å²) in [5.41, 5.74) is 0.970. The van der Waals surface area contributed by atoms with Gasteiger partial charge in [-0.2, -0.15) is 0 Å². The Kier molecular flexibility index (Phi) is 3.45. The van der Waals surface area contributed by atoms with Gasteiger partial charge in [0.1, 0.15) is 0 Å². The van der Waals surface area contributed by atoms with Crippen LogP contribution >= 0.6 is 11.3 Å². The van der Waals surface area contributed by atoms with Crippen molar-refractivity contribution in [3.05, 3.63) is 48.0 Å². The first-order valence-corrected chi connectivity index (χ1v) is 6.94. The zero-order chi connectivity index (χ0) is 14.8. The number of benzene rings is 2. The van der Waals surface area contributed by atoms with Crippen molar-refractivity contribution < 1.29 is 19.4 Å². The van der Waals surface area contributed by atoms with E-state index in [4.69, 9.17) is 14.6 Å². The van der Waals surface area contributed by atoms with Crippen LogP contribution in [0.1, 0.15) is 10.4 Å². The minimum absolute atomic E-state index is 0.131. The van der Waals surface area contributed by atoms with Gasteiger partial charge < -0.3 is 14.6 Å². The predicted octanol–water partition coefficient (Wildman–Crippen LogP) is 3.80. The van der Waals surface area contributed by atoms with Crippen molar-refractivity contribution in [2.24, 2.45) is 0 Å². The number of methoxy groups -OCH3 is 1. The summed E-state index contributed by atoms with van der Waals surface area (Å²) < 4.78 is 11.9. The maximum Gasteiger partial charge on any atom is 0.335 e. The lowest BCUT2D eigenvalue weighted by molar-refractivity contribution is 0.0696. The number of aromatic nitrogens is 1. The van der Waals surface area contributed by atoms with Crippen molar-refractivity contribution >= 4 is 27.5 Å². The third-order valence-electron chi connectivity index (χ3n) is 2.88. The molecule has 5 nitrogen and oxygen atoms in total. The Hall–Kier alpha value is -2.60. The summed E-state index contributed by atoms with van der Waals surface area (Å²) in [5, 5.41) is 9.49. The number of carboxylic acids is 1. The molecule has 0 spiro atoms. The molecule has 3 aromatic rings. The highest BCUT2D eigenvalue weighted by atomic mass is 32.1. The number of nitrogens with zero attached hydrogens (tertiary/aromatic N) is 1. The molecule has 6 heteroatoms. The zero-order valence-corrected chi connectivity index (χ0v) is 11.9. The van der Waals surface area contributed by atoms with Gasteiger partial charge in [0, 0.05) is 0 Å². The molecule has 0 unspecified atom stereocenters. The smallest absolute Gasteiger partial charge is 0.335 e. The van der Waals surface area contributed by atoms with Gasteiger partial charge in [0.25, 0.3) is 5.19 Å². The van der Waals surface area contributed by atoms with Crippen molar-refractivity contribution in [3.63, 3.8) is 0 Å². The van der Waals surface area contributed by atoms with E-state index >= 15 is 0 Å². The number of hydrogen-bond acceptors (Lipinski definition) is 5. The molecule has 0 atom stereocenters. The summed E-state index contributed by atoms with van der Waals surface area (Å²) in [6.45, 7) is 0. The summed E-state index contributed by atoms with van der Waals surface area (Å²) in [4.78, 5) is 15.4. The van der Waals surface area contributed by atoms with Gasteiger partial charge in [0.05, 0.1) is 22.9 Å². The molecule has 21 heavy (non-hydrogen) atoms. The summed E-state index contributed by atoms with van der Waals surface area (Å²) in [6.07, 6.45) is 0. The second-order valence-corrected chi connectivity index (χ2v) is 5.21. The van der Waals surface area contributed by atoms with Crippen LogP contribution in [0.3, 0.4) is 0 Å². The Morgan fingerprint density at radius 1 is 1.19 bits per heavy atom. The Labute approximate surface area is 124 Å². The number of carboxylic acid groups (broad SMARTS) is 1. The Balaban J connectivity index is 1.99. The quantitative estimate of drug-likeness (QED) is 0.794. The highest BCUT2D eigenvalue weighted by Gasteiger charge is 2.13. The fourth-order valence-electron chi connectivity index (χ4n) is 1.88. The average Bonchev–Trinajstić information content (AvgIpc) is 2.89. The van der Waals surface area contributed by atoms with Gasteiger partial charge in [0.2, 0.25) is 0 Å². The average molecular weight is 301 g/mol. The van der Waals surface area contributed by atoms with E-state index in [1.807, 2.05) is 24.3 Å². The van der Waals surface area contributed by atoms with E-state index in [-0.39, 0.29) is 5.56 Å². The molecule has 0 radical (unpaired) electrons. The van der Waals surface area contributed by atoms with Crippen molar-refractivity contribution in [2.75, 3.05) is 7.11 Å². The van der Waals surface area contributed by atoms with Crippen LogP contribution in [0.5, 0.6) is 16.7 Å². The van der Waals surface area contributed by atoms with Crippen LogP contribution < -0.4 is 9.47 Å². The van der Waals surface area contributed by atoms with Crippen molar-refractivity contribution in [1.82, 2.24) is 4.98 Å². The standard InChI is InChI=1S/C15H11NO4S/c1-19-11-7-6-9(14(17)18)8-12(11)20-15-16-10-4-2-3-5-13(10)21-15/h2-8H,1H3,(H,17,18). The summed E-state index contributed by atoms with van der Waals surface area (Å²) >= 11 is 1.39. The summed E-state index contributed by atoms with van der Waals surface area (Å²) in [6, 6.07) is 12.1. The largest absolute Gasteiger partial charge is 0.493 e. The lowest BCUT2D eigenvalue weighted by atomic mass is 10.2. The number of para-hydroxylation sites is 1. The molecule has 0 saturated carbocycles. The molecule has 0 saturated heterocycles. The van der Waals surface area contributed by atoms with Gasteiger partial charge in [-0.25, -0.2) is 9.78 Å². The molecule has 106 valence electrons. The van der Waals surface area contributed by atoms with Crippen molar-refractivity contribution in [1.29, 1.82) is 0 Å². The maximum atomic E-state index is 11.0. The molecule has 0 amide bonds. The maximum absolute atomic E-state index is 11.0. The van der Waals surface area contributed by atoms with Crippen LogP contribution in [-0.4, -0.2) is 23.2 Å².